The van der Waals surface area contributed by atoms with Crippen molar-refractivity contribution in [1.29, 1.82) is 0 Å². The Balaban J connectivity index is 1.83. The van der Waals surface area contributed by atoms with Gasteiger partial charge >= 0.3 is 0 Å². The second kappa shape index (κ2) is 9.43. The molecule has 0 spiro atoms. The first-order valence-corrected chi connectivity index (χ1v) is 10.00. The molecule has 2 aromatic carbocycles. The van der Waals surface area contributed by atoms with Crippen molar-refractivity contribution in [3.63, 3.8) is 0 Å². The van der Waals surface area contributed by atoms with Gasteiger partial charge in [-0.05, 0) is 48.2 Å². The molecular formula is C22H27ClO6. The molecule has 2 aromatic rings. The number of aliphatic hydroxyl groups is 3. The van der Waals surface area contributed by atoms with Crippen LogP contribution in [0.25, 0.3) is 0 Å². The number of ether oxygens (including phenoxy) is 3. The fourth-order valence-electron chi connectivity index (χ4n) is 3.59. The summed E-state index contributed by atoms with van der Waals surface area (Å²) in [7, 11) is 1.33. The molecule has 4 atom stereocenters. The molecule has 0 saturated carbocycles. The van der Waals surface area contributed by atoms with E-state index >= 15 is 0 Å². The maximum absolute atomic E-state index is 10.3. The number of benzene rings is 2. The molecule has 6 nitrogen and oxygen atoms in total. The Labute approximate surface area is 175 Å². The fraction of sp³-hybridized carbons (Fsp3) is 0.455. The topological polar surface area (TPSA) is 88.4 Å². The summed E-state index contributed by atoms with van der Waals surface area (Å²) in [5, 5.41) is 30.8. The summed E-state index contributed by atoms with van der Waals surface area (Å²) in [6.07, 6.45) is -2.20. The number of methoxy groups -OCH3 is 1. The second-order valence-electron chi connectivity index (χ2n) is 7.13. The van der Waals surface area contributed by atoms with Crippen molar-refractivity contribution in [3.05, 3.63) is 64.2 Å². The van der Waals surface area contributed by atoms with Crippen LogP contribution in [0.4, 0.5) is 0 Å². The highest BCUT2D eigenvalue weighted by molar-refractivity contribution is 6.31. The Hall–Kier alpha value is -1.67. The molecule has 1 aliphatic heterocycles. The van der Waals surface area contributed by atoms with Crippen molar-refractivity contribution in [2.24, 2.45) is 0 Å². The zero-order valence-electron chi connectivity index (χ0n) is 16.5. The van der Waals surface area contributed by atoms with Gasteiger partial charge in [-0.1, -0.05) is 35.9 Å². The largest absolute Gasteiger partial charge is 0.494 e. The molecule has 1 aliphatic rings. The smallest absolute Gasteiger partial charge is 0.221 e. The van der Waals surface area contributed by atoms with Crippen LogP contribution in [0.5, 0.6) is 5.75 Å². The highest BCUT2D eigenvalue weighted by Gasteiger charge is 2.49. The maximum atomic E-state index is 10.3. The van der Waals surface area contributed by atoms with Gasteiger partial charge in [0.15, 0.2) is 0 Å². The van der Waals surface area contributed by atoms with E-state index < -0.39 is 30.7 Å². The first-order valence-electron chi connectivity index (χ1n) is 9.62. The Bertz CT molecular complexity index is 805. The van der Waals surface area contributed by atoms with E-state index in [0.717, 1.165) is 22.4 Å². The number of halogens is 1. The summed E-state index contributed by atoms with van der Waals surface area (Å²) < 4.78 is 16.6. The van der Waals surface area contributed by atoms with Gasteiger partial charge < -0.3 is 29.5 Å². The first-order chi connectivity index (χ1) is 13.9. The summed E-state index contributed by atoms with van der Waals surface area (Å²) in [4.78, 5) is 0. The van der Waals surface area contributed by atoms with Crippen LogP contribution in [-0.2, 0) is 15.9 Å². The molecule has 0 amide bonds. The maximum Gasteiger partial charge on any atom is 0.221 e. The highest BCUT2D eigenvalue weighted by Crippen LogP contribution is 2.39. The lowest BCUT2D eigenvalue weighted by Crippen LogP contribution is -2.59. The average molecular weight is 423 g/mol. The number of aliphatic hydroxyl groups excluding tert-OH is 3. The third-order valence-corrected chi connectivity index (χ3v) is 5.62. The molecule has 3 N–H and O–H groups in total. The molecule has 7 heteroatoms. The molecule has 3 rings (SSSR count). The number of hydrogen-bond donors (Lipinski definition) is 3. The molecule has 0 radical (unpaired) electrons. The van der Waals surface area contributed by atoms with E-state index in [9.17, 15) is 15.3 Å². The SMILES string of the molecule is CCOc1ccc(Cc2cc(C3CC(O)[C@H](O)[C@@](CO)(OC)O3)ccc2Cl)cc1. The van der Waals surface area contributed by atoms with Gasteiger partial charge in [0.25, 0.3) is 0 Å². The zero-order valence-corrected chi connectivity index (χ0v) is 17.3. The molecule has 1 fully saturated rings. The van der Waals surface area contributed by atoms with Gasteiger partial charge in [0, 0.05) is 18.6 Å². The van der Waals surface area contributed by atoms with Gasteiger partial charge in [-0.3, -0.25) is 0 Å². The number of rotatable bonds is 7. The summed E-state index contributed by atoms with van der Waals surface area (Å²) in [5.74, 6) is -0.851. The third-order valence-electron chi connectivity index (χ3n) is 5.25. The van der Waals surface area contributed by atoms with E-state index in [1.807, 2.05) is 43.3 Å². The molecular weight excluding hydrogens is 396 g/mol. The predicted molar refractivity (Wildman–Crippen MR) is 109 cm³/mol. The molecule has 0 aliphatic carbocycles. The Morgan fingerprint density at radius 3 is 2.52 bits per heavy atom. The van der Waals surface area contributed by atoms with Gasteiger partial charge in [0.2, 0.25) is 5.79 Å². The molecule has 1 heterocycles. The molecule has 29 heavy (non-hydrogen) atoms. The van der Waals surface area contributed by atoms with Gasteiger partial charge in [-0.15, -0.1) is 0 Å². The van der Waals surface area contributed by atoms with Crippen LogP contribution < -0.4 is 4.74 Å². The zero-order chi connectivity index (χ0) is 21.0. The van der Waals surface area contributed by atoms with Crippen molar-refractivity contribution in [3.8, 4) is 5.75 Å². The van der Waals surface area contributed by atoms with Crippen molar-refractivity contribution in [1.82, 2.24) is 0 Å². The van der Waals surface area contributed by atoms with E-state index in [-0.39, 0.29) is 6.42 Å². The van der Waals surface area contributed by atoms with Gasteiger partial charge in [-0.2, -0.15) is 0 Å². The highest BCUT2D eigenvalue weighted by atomic mass is 35.5. The molecule has 0 aromatic heterocycles. The lowest BCUT2D eigenvalue weighted by molar-refractivity contribution is -0.344. The van der Waals surface area contributed by atoms with Crippen LogP contribution in [0.1, 0.15) is 36.1 Å². The van der Waals surface area contributed by atoms with Crippen LogP contribution in [0, 0.1) is 0 Å². The lowest BCUT2D eigenvalue weighted by Gasteiger charge is -2.44. The molecule has 0 bridgehead atoms. The van der Waals surface area contributed by atoms with E-state index in [1.54, 1.807) is 6.07 Å². The van der Waals surface area contributed by atoms with Crippen LogP contribution >= 0.6 is 11.6 Å². The van der Waals surface area contributed by atoms with Crippen molar-refractivity contribution in [2.45, 2.75) is 43.9 Å². The quantitative estimate of drug-likeness (QED) is 0.636. The van der Waals surface area contributed by atoms with Gasteiger partial charge in [0.05, 0.1) is 18.8 Å². The van der Waals surface area contributed by atoms with Crippen LogP contribution in [0.2, 0.25) is 5.02 Å². The monoisotopic (exact) mass is 422 g/mol. The predicted octanol–water partition coefficient (Wildman–Crippen LogP) is 2.85. The van der Waals surface area contributed by atoms with Crippen molar-refractivity contribution >= 4 is 11.6 Å². The third kappa shape index (κ3) is 4.74. The van der Waals surface area contributed by atoms with Crippen LogP contribution in [0.15, 0.2) is 42.5 Å². The lowest BCUT2D eigenvalue weighted by atomic mass is 9.90. The minimum Gasteiger partial charge on any atom is -0.494 e. The molecule has 158 valence electrons. The van der Waals surface area contributed by atoms with Crippen LogP contribution in [-0.4, -0.2) is 53.6 Å². The normalized spacial score (nSPS) is 27.0. The average Bonchev–Trinajstić information content (AvgIpc) is 2.73. The van der Waals surface area contributed by atoms with E-state index in [2.05, 4.69) is 0 Å². The second-order valence-corrected chi connectivity index (χ2v) is 7.54. The van der Waals surface area contributed by atoms with E-state index in [1.165, 1.54) is 7.11 Å². The summed E-state index contributed by atoms with van der Waals surface area (Å²) >= 11 is 6.41. The minimum absolute atomic E-state index is 0.177. The van der Waals surface area contributed by atoms with Gasteiger partial charge in [0.1, 0.15) is 18.5 Å². The molecule has 1 saturated heterocycles. The van der Waals surface area contributed by atoms with Crippen molar-refractivity contribution < 1.29 is 29.5 Å². The van der Waals surface area contributed by atoms with Crippen LogP contribution in [0.3, 0.4) is 0 Å². The number of hydrogen-bond acceptors (Lipinski definition) is 6. The van der Waals surface area contributed by atoms with E-state index in [0.29, 0.717) is 18.1 Å². The Morgan fingerprint density at radius 1 is 1.17 bits per heavy atom. The molecule has 2 unspecified atom stereocenters. The summed E-state index contributed by atoms with van der Waals surface area (Å²) in [5.41, 5.74) is 2.77. The Kier molecular flexibility index (Phi) is 7.16. The fourth-order valence-corrected chi connectivity index (χ4v) is 3.77. The Morgan fingerprint density at radius 2 is 1.90 bits per heavy atom. The first kappa shape index (κ1) is 22.0. The van der Waals surface area contributed by atoms with Crippen molar-refractivity contribution in [2.75, 3.05) is 20.3 Å². The summed E-state index contributed by atoms with van der Waals surface area (Å²) in [6, 6.07) is 13.4. The minimum atomic E-state index is -1.67. The van der Waals surface area contributed by atoms with Gasteiger partial charge in [-0.25, -0.2) is 0 Å². The van der Waals surface area contributed by atoms with E-state index in [4.69, 9.17) is 25.8 Å². The standard InChI is InChI=1S/C22H27ClO6/c1-3-28-17-7-4-14(5-8-17)10-16-11-15(6-9-18(16)23)20-12-19(25)21(26)22(13-24,27-2)29-20/h4-9,11,19-21,24-26H,3,10,12-13H2,1-2H3/t19?,20?,21-,22-/m0/s1. The summed E-state index contributed by atoms with van der Waals surface area (Å²) in [6.45, 7) is 1.98.